The van der Waals surface area contributed by atoms with Crippen LogP contribution in [0.3, 0.4) is 0 Å². The normalized spacial score (nSPS) is 14.6. The second-order valence-electron chi connectivity index (χ2n) is 8.91. The minimum Gasteiger partial charge on any atom is -0.336 e. The van der Waals surface area contributed by atoms with Crippen molar-refractivity contribution >= 4 is 28.6 Å². The molecule has 174 valence electrons. The average molecular weight is 457 g/mol. The Morgan fingerprint density at radius 2 is 1.62 bits per heavy atom. The molecule has 5 rings (SSSR count). The van der Waals surface area contributed by atoms with Crippen LogP contribution in [0.5, 0.6) is 0 Å². The van der Waals surface area contributed by atoms with Crippen LogP contribution in [0, 0.1) is 0 Å². The molecule has 34 heavy (non-hydrogen) atoms. The molecule has 0 bridgehead atoms. The third kappa shape index (κ3) is 4.47. The molecule has 1 aliphatic rings. The quantitative estimate of drug-likeness (QED) is 0.491. The Bertz CT molecular complexity index is 1320. The molecule has 4 aromatic rings. The van der Waals surface area contributed by atoms with Crippen LogP contribution in [0.25, 0.3) is 22.2 Å². The van der Waals surface area contributed by atoms with Crippen LogP contribution in [-0.2, 0) is 0 Å². The summed E-state index contributed by atoms with van der Waals surface area (Å²) in [4.78, 5) is 25.9. The van der Waals surface area contributed by atoms with Crippen LogP contribution in [0.15, 0.2) is 54.9 Å². The topological polar surface area (TPSA) is 92.1 Å². The zero-order valence-corrected chi connectivity index (χ0v) is 19.6. The van der Waals surface area contributed by atoms with Crippen molar-refractivity contribution < 1.29 is 4.79 Å². The summed E-state index contributed by atoms with van der Waals surface area (Å²) in [6, 6.07) is 13.8. The van der Waals surface area contributed by atoms with E-state index in [0.29, 0.717) is 17.2 Å². The monoisotopic (exact) mass is 456 g/mol. The minimum absolute atomic E-state index is 0.0314. The molecule has 9 heteroatoms. The number of likely N-dealkylation sites (N-methyl/N-ethyl adjacent to an activating group) is 1. The predicted octanol–water partition coefficient (Wildman–Crippen LogP) is 3.60. The summed E-state index contributed by atoms with van der Waals surface area (Å²) in [5, 5.41) is 11.8. The lowest BCUT2D eigenvalue weighted by Crippen LogP contribution is -2.47. The molecule has 1 N–H and O–H groups in total. The maximum absolute atomic E-state index is 12.9. The van der Waals surface area contributed by atoms with Crippen LogP contribution in [-0.4, -0.2) is 73.9 Å². The van der Waals surface area contributed by atoms with Gasteiger partial charge in [0.25, 0.3) is 5.91 Å². The summed E-state index contributed by atoms with van der Waals surface area (Å²) in [5.41, 5.74) is 4.55. The van der Waals surface area contributed by atoms with Gasteiger partial charge < -0.3 is 15.1 Å². The first-order valence-corrected chi connectivity index (χ1v) is 11.5. The summed E-state index contributed by atoms with van der Waals surface area (Å²) in [5.74, 6) is 1.27. The molecule has 0 aliphatic carbocycles. The van der Waals surface area contributed by atoms with Gasteiger partial charge in [0.2, 0.25) is 0 Å². The fraction of sp³-hybridized carbons (Fsp3) is 0.320. The van der Waals surface area contributed by atoms with Gasteiger partial charge in [-0.25, -0.2) is 14.6 Å². The number of anilines is 2. The van der Waals surface area contributed by atoms with E-state index < -0.39 is 0 Å². The number of rotatable bonds is 5. The smallest absolute Gasteiger partial charge is 0.254 e. The summed E-state index contributed by atoms with van der Waals surface area (Å²) in [6.07, 6.45) is 3.42. The van der Waals surface area contributed by atoms with Crippen LogP contribution in [0.2, 0.25) is 0 Å². The third-order valence-corrected chi connectivity index (χ3v) is 6.11. The zero-order valence-electron chi connectivity index (χ0n) is 19.6. The molecule has 0 unspecified atom stereocenters. The van der Waals surface area contributed by atoms with E-state index in [9.17, 15) is 4.79 Å². The maximum Gasteiger partial charge on any atom is 0.254 e. The van der Waals surface area contributed by atoms with Crippen LogP contribution >= 0.6 is 0 Å². The Labute approximate surface area is 198 Å². The van der Waals surface area contributed by atoms with Gasteiger partial charge >= 0.3 is 0 Å². The molecule has 1 saturated heterocycles. The second kappa shape index (κ2) is 9.18. The number of amides is 1. The van der Waals surface area contributed by atoms with Gasteiger partial charge in [-0.15, -0.1) is 5.10 Å². The fourth-order valence-electron chi connectivity index (χ4n) is 4.13. The highest BCUT2D eigenvalue weighted by Crippen LogP contribution is 2.27. The van der Waals surface area contributed by atoms with Gasteiger partial charge in [-0.05, 0) is 68.4 Å². The molecule has 0 spiro atoms. The van der Waals surface area contributed by atoms with E-state index in [-0.39, 0.29) is 11.9 Å². The summed E-state index contributed by atoms with van der Waals surface area (Å²) < 4.78 is 1.92. The highest BCUT2D eigenvalue weighted by atomic mass is 16.2. The van der Waals surface area contributed by atoms with E-state index in [0.717, 1.165) is 48.3 Å². The molecule has 1 aliphatic heterocycles. The Hall–Kier alpha value is -3.85. The van der Waals surface area contributed by atoms with Gasteiger partial charge in [-0.1, -0.05) is 11.3 Å². The van der Waals surface area contributed by atoms with Crippen molar-refractivity contribution in [3.63, 3.8) is 0 Å². The van der Waals surface area contributed by atoms with E-state index in [4.69, 9.17) is 0 Å². The van der Waals surface area contributed by atoms with Crippen LogP contribution in [0.1, 0.15) is 30.2 Å². The molecule has 9 nitrogen and oxygen atoms in total. The SMILES string of the molecule is CC(C)n1nnc2ccc(-c3ccnc(Nc4cc(C(=O)N5CCN(C)CC5)ccn4)c3)cc21. The molecule has 1 amide bonds. The highest BCUT2D eigenvalue weighted by molar-refractivity contribution is 5.95. The van der Waals surface area contributed by atoms with E-state index in [2.05, 4.69) is 57.5 Å². The first-order valence-electron chi connectivity index (χ1n) is 11.5. The van der Waals surface area contributed by atoms with Crippen molar-refractivity contribution in [2.75, 3.05) is 38.5 Å². The number of piperazine rings is 1. The number of benzene rings is 1. The lowest BCUT2D eigenvalue weighted by atomic mass is 10.1. The third-order valence-electron chi connectivity index (χ3n) is 6.11. The molecule has 0 saturated carbocycles. The molecule has 3 aromatic heterocycles. The molecule has 1 fully saturated rings. The number of nitrogens with zero attached hydrogens (tertiary/aromatic N) is 7. The maximum atomic E-state index is 12.9. The van der Waals surface area contributed by atoms with Crippen molar-refractivity contribution in [1.29, 1.82) is 0 Å². The lowest BCUT2D eigenvalue weighted by Gasteiger charge is -2.32. The van der Waals surface area contributed by atoms with Gasteiger partial charge in [0.15, 0.2) is 0 Å². The second-order valence-corrected chi connectivity index (χ2v) is 8.91. The molecule has 0 atom stereocenters. The summed E-state index contributed by atoms with van der Waals surface area (Å²) in [6.45, 7) is 7.42. The van der Waals surface area contributed by atoms with Gasteiger partial charge in [0, 0.05) is 50.2 Å². The molecular formula is C25H28N8O. The van der Waals surface area contributed by atoms with Crippen molar-refractivity contribution in [2.45, 2.75) is 19.9 Å². The number of carbonyl (C=O) groups is 1. The highest BCUT2D eigenvalue weighted by Gasteiger charge is 2.20. The summed E-state index contributed by atoms with van der Waals surface area (Å²) in [7, 11) is 2.07. The van der Waals surface area contributed by atoms with Crippen molar-refractivity contribution in [3.05, 3.63) is 60.4 Å². The number of hydrogen-bond acceptors (Lipinski definition) is 7. The number of pyridine rings is 2. The van der Waals surface area contributed by atoms with E-state index in [1.807, 2.05) is 33.8 Å². The zero-order chi connectivity index (χ0) is 23.7. The van der Waals surface area contributed by atoms with Crippen molar-refractivity contribution in [3.8, 4) is 11.1 Å². The largest absolute Gasteiger partial charge is 0.336 e. The Morgan fingerprint density at radius 1 is 0.912 bits per heavy atom. The average Bonchev–Trinajstić information content (AvgIpc) is 3.28. The molecule has 1 aromatic carbocycles. The van der Waals surface area contributed by atoms with E-state index in [1.54, 1.807) is 24.5 Å². The number of aromatic nitrogens is 5. The molecular weight excluding hydrogens is 428 g/mol. The van der Waals surface area contributed by atoms with Gasteiger partial charge in [0.1, 0.15) is 17.2 Å². The number of fused-ring (bicyclic) bond motifs is 1. The predicted molar refractivity (Wildman–Crippen MR) is 132 cm³/mol. The Balaban J connectivity index is 1.37. The summed E-state index contributed by atoms with van der Waals surface area (Å²) >= 11 is 0. The molecule has 0 radical (unpaired) electrons. The first-order chi connectivity index (χ1) is 16.5. The Morgan fingerprint density at radius 3 is 2.38 bits per heavy atom. The van der Waals surface area contributed by atoms with Crippen molar-refractivity contribution in [2.24, 2.45) is 0 Å². The number of carbonyl (C=O) groups excluding carboxylic acids is 1. The lowest BCUT2D eigenvalue weighted by molar-refractivity contribution is 0.0664. The van der Waals surface area contributed by atoms with Crippen molar-refractivity contribution in [1.82, 2.24) is 34.8 Å². The van der Waals surface area contributed by atoms with Crippen LogP contribution in [0.4, 0.5) is 11.6 Å². The fourth-order valence-corrected chi connectivity index (χ4v) is 4.13. The van der Waals surface area contributed by atoms with Crippen LogP contribution < -0.4 is 5.32 Å². The standard InChI is InChI=1S/C25H28N8O/c1-17(2)33-22-14-18(4-5-21(22)29-30-33)19-6-8-26-23(15-19)28-24-16-20(7-9-27-24)25(34)32-12-10-31(3)11-13-32/h4-9,14-17H,10-13H2,1-3H3,(H,26,27,28). The van der Waals surface area contributed by atoms with Gasteiger partial charge in [-0.2, -0.15) is 0 Å². The Kier molecular flexibility index (Phi) is 5.93. The number of hydrogen-bond donors (Lipinski definition) is 1. The van der Waals surface area contributed by atoms with E-state index in [1.165, 1.54) is 0 Å². The molecule has 4 heterocycles. The van der Waals surface area contributed by atoms with E-state index >= 15 is 0 Å². The van der Waals surface area contributed by atoms with Gasteiger partial charge in [0.05, 0.1) is 5.52 Å². The minimum atomic E-state index is 0.0314. The first kappa shape index (κ1) is 22.0. The van der Waals surface area contributed by atoms with Gasteiger partial charge in [-0.3, -0.25) is 4.79 Å². The number of nitrogens with one attached hydrogen (secondary N) is 1.